The highest BCUT2D eigenvalue weighted by molar-refractivity contribution is 5.48. The van der Waals surface area contributed by atoms with E-state index in [0.29, 0.717) is 0 Å². The van der Waals surface area contributed by atoms with Crippen molar-refractivity contribution in [2.45, 2.75) is 46.1 Å². The lowest BCUT2D eigenvalue weighted by atomic mass is 10.1. The number of hydrogen-bond acceptors (Lipinski definition) is 2. The van der Waals surface area contributed by atoms with E-state index in [4.69, 9.17) is 0 Å². The van der Waals surface area contributed by atoms with Gasteiger partial charge in [0.15, 0.2) is 0 Å². The summed E-state index contributed by atoms with van der Waals surface area (Å²) in [7, 11) is 0. The molecule has 0 aliphatic heterocycles. The van der Waals surface area contributed by atoms with Crippen molar-refractivity contribution in [2.24, 2.45) is 17.8 Å². The first-order chi connectivity index (χ1) is 10.2. The largest absolute Gasteiger partial charge is 0.371 e. The Hall–Kier alpha value is -1.02. The molecule has 0 radical (unpaired) electrons. The minimum absolute atomic E-state index is 0.719. The molecule has 116 valence electrons. The fourth-order valence-electron chi connectivity index (χ4n) is 2.84. The molecule has 3 rings (SSSR count). The van der Waals surface area contributed by atoms with E-state index in [1.165, 1.54) is 50.0 Å². The van der Waals surface area contributed by atoms with E-state index in [-0.39, 0.29) is 0 Å². The van der Waals surface area contributed by atoms with E-state index in [2.05, 4.69) is 48.3 Å². The van der Waals surface area contributed by atoms with E-state index >= 15 is 0 Å². The third-order valence-electron chi connectivity index (χ3n) is 4.53. The van der Waals surface area contributed by atoms with Crippen LogP contribution in [0.2, 0.25) is 0 Å². The lowest BCUT2D eigenvalue weighted by Gasteiger charge is -2.25. The Morgan fingerprint density at radius 2 is 1.57 bits per heavy atom. The molecule has 0 amide bonds. The van der Waals surface area contributed by atoms with Gasteiger partial charge in [-0.1, -0.05) is 26.0 Å². The summed E-state index contributed by atoms with van der Waals surface area (Å²) in [5.74, 6) is 2.66. The molecule has 0 atom stereocenters. The lowest BCUT2D eigenvalue weighted by Crippen LogP contribution is -2.28. The summed E-state index contributed by atoms with van der Waals surface area (Å²) in [5, 5.41) is 3.52. The Labute approximate surface area is 129 Å². The number of nitrogens with zero attached hydrogens (tertiary/aromatic N) is 1. The number of nitrogens with one attached hydrogen (secondary N) is 1. The summed E-state index contributed by atoms with van der Waals surface area (Å²) in [6, 6.07) is 9.26. The van der Waals surface area contributed by atoms with Gasteiger partial charge in [-0.2, -0.15) is 0 Å². The van der Waals surface area contributed by atoms with Crippen molar-refractivity contribution in [3.05, 3.63) is 29.8 Å². The normalized spacial score (nSPS) is 18.2. The van der Waals surface area contributed by atoms with Gasteiger partial charge in [-0.15, -0.1) is 0 Å². The van der Waals surface area contributed by atoms with Crippen LogP contribution in [-0.4, -0.2) is 19.6 Å². The number of benzene rings is 1. The summed E-state index contributed by atoms with van der Waals surface area (Å²) in [4.78, 5) is 2.64. The van der Waals surface area contributed by atoms with E-state index in [1.54, 1.807) is 0 Å². The maximum atomic E-state index is 3.52. The van der Waals surface area contributed by atoms with Crippen molar-refractivity contribution in [3.8, 4) is 0 Å². The fraction of sp³-hybridized carbons (Fsp3) is 0.684. The summed E-state index contributed by atoms with van der Waals surface area (Å²) < 4.78 is 0. The highest BCUT2D eigenvalue weighted by Gasteiger charge is 2.29. The molecule has 1 aromatic carbocycles. The predicted octanol–water partition coefficient (Wildman–Crippen LogP) is 4.06. The third kappa shape index (κ3) is 5.03. The molecule has 0 unspecified atom stereocenters. The second-order valence-corrected chi connectivity index (χ2v) is 7.48. The molecule has 2 aliphatic carbocycles. The van der Waals surface area contributed by atoms with Gasteiger partial charge in [-0.3, -0.25) is 0 Å². The molecule has 2 saturated carbocycles. The zero-order valence-electron chi connectivity index (χ0n) is 13.6. The van der Waals surface area contributed by atoms with Crippen LogP contribution in [0.15, 0.2) is 24.3 Å². The van der Waals surface area contributed by atoms with Crippen LogP contribution in [0.3, 0.4) is 0 Å². The van der Waals surface area contributed by atoms with Crippen LogP contribution in [-0.2, 0) is 6.54 Å². The average molecular weight is 286 g/mol. The summed E-state index contributed by atoms with van der Waals surface area (Å²) >= 11 is 0. The molecule has 0 spiro atoms. The van der Waals surface area contributed by atoms with E-state index in [9.17, 15) is 0 Å². The van der Waals surface area contributed by atoms with Crippen molar-refractivity contribution < 1.29 is 0 Å². The van der Waals surface area contributed by atoms with Crippen molar-refractivity contribution >= 4 is 5.69 Å². The highest BCUT2D eigenvalue weighted by atomic mass is 15.1. The van der Waals surface area contributed by atoms with Crippen LogP contribution in [0.1, 0.15) is 45.1 Å². The van der Waals surface area contributed by atoms with Gasteiger partial charge >= 0.3 is 0 Å². The van der Waals surface area contributed by atoms with Crippen molar-refractivity contribution in [1.29, 1.82) is 0 Å². The molecule has 2 heteroatoms. The Kier molecular flexibility index (Phi) is 4.84. The van der Waals surface area contributed by atoms with E-state index in [0.717, 1.165) is 30.8 Å². The molecule has 21 heavy (non-hydrogen) atoms. The van der Waals surface area contributed by atoms with Crippen molar-refractivity contribution in [1.82, 2.24) is 5.32 Å². The van der Waals surface area contributed by atoms with Crippen LogP contribution in [0, 0.1) is 17.8 Å². The standard InChI is InChI=1S/C19H30N2/c1-15(2)11-20-12-16-7-9-19(10-8-16)21(13-17-3-4-17)14-18-5-6-18/h7-10,15,17-18,20H,3-6,11-14H2,1-2H3. The Morgan fingerprint density at radius 1 is 1.00 bits per heavy atom. The molecule has 1 aromatic rings. The van der Waals surface area contributed by atoms with E-state index in [1.807, 2.05) is 0 Å². The van der Waals surface area contributed by atoms with Gasteiger partial charge in [0.2, 0.25) is 0 Å². The highest BCUT2D eigenvalue weighted by Crippen LogP contribution is 2.35. The molecule has 2 fully saturated rings. The first-order valence-electron chi connectivity index (χ1n) is 8.75. The molecule has 2 aliphatic rings. The maximum absolute atomic E-state index is 3.52. The molecule has 0 bridgehead atoms. The van der Waals surface area contributed by atoms with Gasteiger partial charge in [0.1, 0.15) is 0 Å². The topological polar surface area (TPSA) is 15.3 Å². The van der Waals surface area contributed by atoms with Crippen molar-refractivity contribution in [2.75, 3.05) is 24.5 Å². The van der Waals surface area contributed by atoms with Crippen molar-refractivity contribution in [3.63, 3.8) is 0 Å². The van der Waals surface area contributed by atoms with Crippen LogP contribution in [0.5, 0.6) is 0 Å². The zero-order valence-corrected chi connectivity index (χ0v) is 13.6. The second-order valence-electron chi connectivity index (χ2n) is 7.48. The minimum atomic E-state index is 0.719. The van der Waals surface area contributed by atoms with Gasteiger partial charge in [0.05, 0.1) is 0 Å². The smallest absolute Gasteiger partial charge is 0.0366 e. The number of rotatable bonds is 9. The molecular weight excluding hydrogens is 256 g/mol. The van der Waals surface area contributed by atoms with Gasteiger partial charge < -0.3 is 10.2 Å². The Morgan fingerprint density at radius 3 is 2.05 bits per heavy atom. The lowest BCUT2D eigenvalue weighted by molar-refractivity contribution is 0.552. The molecular formula is C19H30N2. The van der Waals surface area contributed by atoms with Gasteiger partial charge in [0, 0.05) is 25.3 Å². The van der Waals surface area contributed by atoms with Crippen LogP contribution < -0.4 is 10.2 Å². The first-order valence-corrected chi connectivity index (χ1v) is 8.75. The van der Waals surface area contributed by atoms with Crippen LogP contribution in [0.4, 0.5) is 5.69 Å². The molecule has 0 aromatic heterocycles. The molecule has 2 nitrogen and oxygen atoms in total. The Balaban J connectivity index is 1.54. The quantitative estimate of drug-likeness (QED) is 0.736. The summed E-state index contributed by atoms with van der Waals surface area (Å²) in [6.07, 6.45) is 5.77. The third-order valence-corrected chi connectivity index (χ3v) is 4.53. The zero-order chi connectivity index (χ0) is 14.7. The minimum Gasteiger partial charge on any atom is -0.371 e. The molecule has 0 heterocycles. The summed E-state index contributed by atoms with van der Waals surface area (Å²) in [5.41, 5.74) is 2.83. The fourth-order valence-corrected chi connectivity index (χ4v) is 2.84. The van der Waals surface area contributed by atoms with E-state index < -0.39 is 0 Å². The van der Waals surface area contributed by atoms with Crippen LogP contribution in [0.25, 0.3) is 0 Å². The first kappa shape index (κ1) is 14.9. The van der Waals surface area contributed by atoms with Gasteiger partial charge in [-0.25, -0.2) is 0 Å². The SMILES string of the molecule is CC(C)CNCc1ccc(N(CC2CC2)CC2CC2)cc1. The predicted molar refractivity (Wildman–Crippen MR) is 90.6 cm³/mol. The monoisotopic (exact) mass is 286 g/mol. The number of hydrogen-bond donors (Lipinski definition) is 1. The Bertz CT molecular complexity index is 415. The molecule has 0 saturated heterocycles. The van der Waals surface area contributed by atoms with Gasteiger partial charge in [0.25, 0.3) is 0 Å². The average Bonchev–Trinajstić information content (AvgIpc) is 3.34. The van der Waals surface area contributed by atoms with Gasteiger partial charge in [-0.05, 0) is 67.7 Å². The summed E-state index contributed by atoms with van der Waals surface area (Å²) in [6.45, 7) is 9.15. The number of anilines is 1. The van der Waals surface area contributed by atoms with Crippen LogP contribution >= 0.6 is 0 Å². The molecule has 1 N–H and O–H groups in total. The second kappa shape index (κ2) is 6.83. The maximum Gasteiger partial charge on any atom is 0.0366 e.